The third-order valence-electron chi connectivity index (χ3n) is 2.57. The van der Waals surface area contributed by atoms with Gasteiger partial charge in [-0.25, -0.2) is 4.79 Å². The van der Waals surface area contributed by atoms with E-state index in [0.29, 0.717) is 0 Å². The lowest BCUT2D eigenvalue weighted by molar-refractivity contribution is -0.143. The molecule has 0 spiro atoms. The van der Waals surface area contributed by atoms with Crippen LogP contribution in [0, 0.1) is 0 Å². The lowest BCUT2D eigenvalue weighted by Gasteiger charge is -2.24. The zero-order valence-electron chi connectivity index (χ0n) is 9.36. The van der Waals surface area contributed by atoms with Gasteiger partial charge >= 0.3 is 5.97 Å². The predicted octanol–water partition coefficient (Wildman–Crippen LogP) is -0.656. The summed E-state index contributed by atoms with van der Waals surface area (Å²) in [6, 6.07) is -1.24. The number of carboxylic acid groups (broad SMARTS) is 1. The van der Waals surface area contributed by atoms with Gasteiger partial charge in [0.2, 0.25) is 5.91 Å². The number of piperidine rings is 1. The van der Waals surface area contributed by atoms with Crippen molar-refractivity contribution < 1.29 is 19.4 Å². The Morgan fingerprint density at radius 2 is 2.31 bits per heavy atom. The average molecular weight is 230 g/mol. The highest BCUT2D eigenvalue weighted by Crippen LogP contribution is 2.07. The van der Waals surface area contributed by atoms with Crippen LogP contribution in [0.5, 0.6) is 0 Å². The minimum absolute atomic E-state index is 0.0200. The number of ether oxygens (including phenoxy) is 1. The zero-order valence-corrected chi connectivity index (χ0v) is 9.36. The van der Waals surface area contributed by atoms with Gasteiger partial charge in [0.25, 0.3) is 0 Å². The number of hydrogen-bond acceptors (Lipinski definition) is 4. The Labute approximate surface area is 94.3 Å². The molecule has 0 aliphatic carbocycles. The number of carboxylic acids is 1. The fourth-order valence-corrected chi connectivity index (χ4v) is 1.69. The molecule has 0 radical (unpaired) electrons. The van der Waals surface area contributed by atoms with Gasteiger partial charge in [0.1, 0.15) is 0 Å². The van der Waals surface area contributed by atoms with Crippen LogP contribution >= 0.6 is 0 Å². The third-order valence-corrected chi connectivity index (χ3v) is 2.57. The van der Waals surface area contributed by atoms with Crippen molar-refractivity contribution in [3.63, 3.8) is 0 Å². The molecule has 1 aliphatic rings. The molecule has 1 unspecified atom stereocenters. The Bertz CT molecular complexity index is 251. The molecular weight excluding hydrogens is 212 g/mol. The number of nitrogens with one attached hydrogen (secondary N) is 2. The average Bonchev–Trinajstić information content (AvgIpc) is 2.29. The van der Waals surface area contributed by atoms with Crippen LogP contribution < -0.4 is 10.6 Å². The van der Waals surface area contributed by atoms with Gasteiger partial charge in [-0.05, 0) is 19.4 Å². The van der Waals surface area contributed by atoms with Crippen LogP contribution in [0.25, 0.3) is 0 Å². The standard InChI is InChI=1S/C10H18N2O4/c1-16-6-8(10(14)15)12-9(13)7-4-2-3-5-11-7/h7-8,11H,2-6H2,1H3,(H,12,13)(H,14,15)/t7-,8?/m1/s1. The zero-order chi connectivity index (χ0) is 12.0. The molecule has 1 amide bonds. The van der Waals surface area contributed by atoms with Crippen LogP contribution in [-0.4, -0.2) is 49.3 Å². The fraction of sp³-hybridized carbons (Fsp3) is 0.800. The SMILES string of the molecule is COCC(NC(=O)[C@H]1CCCCN1)C(=O)O. The van der Waals surface area contributed by atoms with Crippen molar-refractivity contribution >= 4 is 11.9 Å². The molecule has 6 heteroatoms. The number of carbonyl (C=O) groups is 2. The molecule has 0 aromatic rings. The third kappa shape index (κ3) is 3.79. The van der Waals surface area contributed by atoms with Gasteiger partial charge in [-0.3, -0.25) is 4.79 Å². The summed E-state index contributed by atoms with van der Waals surface area (Å²) in [7, 11) is 1.40. The van der Waals surface area contributed by atoms with E-state index in [9.17, 15) is 9.59 Å². The number of rotatable bonds is 5. The normalized spacial score (nSPS) is 22.4. The highest BCUT2D eigenvalue weighted by Gasteiger charge is 2.25. The first-order valence-electron chi connectivity index (χ1n) is 5.40. The molecule has 0 aromatic heterocycles. The fourth-order valence-electron chi connectivity index (χ4n) is 1.69. The summed E-state index contributed by atoms with van der Waals surface area (Å²) in [4.78, 5) is 22.5. The summed E-state index contributed by atoms with van der Waals surface area (Å²) in [6.07, 6.45) is 2.81. The van der Waals surface area contributed by atoms with E-state index in [4.69, 9.17) is 9.84 Å². The summed E-state index contributed by atoms with van der Waals surface area (Å²) >= 11 is 0. The van der Waals surface area contributed by atoms with E-state index in [1.807, 2.05) is 0 Å². The molecule has 0 saturated carbocycles. The van der Waals surface area contributed by atoms with Gasteiger partial charge in [0.15, 0.2) is 6.04 Å². The maximum absolute atomic E-state index is 11.7. The second-order valence-corrected chi connectivity index (χ2v) is 3.86. The van der Waals surface area contributed by atoms with Crippen molar-refractivity contribution in [2.24, 2.45) is 0 Å². The number of hydrogen-bond donors (Lipinski definition) is 3. The Kier molecular flexibility index (Phi) is 5.21. The van der Waals surface area contributed by atoms with Crippen molar-refractivity contribution in [1.29, 1.82) is 0 Å². The Balaban J connectivity index is 2.43. The summed E-state index contributed by atoms with van der Waals surface area (Å²) in [5.41, 5.74) is 0. The van der Waals surface area contributed by atoms with E-state index in [2.05, 4.69) is 10.6 Å². The molecule has 2 atom stereocenters. The molecular formula is C10H18N2O4. The van der Waals surface area contributed by atoms with Gasteiger partial charge < -0.3 is 20.5 Å². The first-order valence-corrected chi connectivity index (χ1v) is 5.40. The second-order valence-electron chi connectivity index (χ2n) is 3.86. The van der Waals surface area contributed by atoms with Crippen molar-refractivity contribution in [1.82, 2.24) is 10.6 Å². The Hall–Kier alpha value is -1.14. The lowest BCUT2D eigenvalue weighted by atomic mass is 10.0. The van der Waals surface area contributed by atoms with E-state index in [1.165, 1.54) is 7.11 Å². The number of aliphatic carboxylic acids is 1. The maximum Gasteiger partial charge on any atom is 0.328 e. The lowest BCUT2D eigenvalue weighted by Crippen LogP contribution is -2.52. The summed E-state index contributed by atoms with van der Waals surface area (Å²) < 4.78 is 4.74. The molecule has 16 heavy (non-hydrogen) atoms. The molecule has 1 heterocycles. The first kappa shape index (κ1) is 12.9. The molecule has 1 saturated heterocycles. The minimum Gasteiger partial charge on any atom is -0.480 e. The van der Waals surface area contributed by atoms with Crippen LogP contribution in [0.2, 0.25) is 0 Å². The number of methoxy groups -OCH3 is 1. The van der Waals surface area contributed by atoms with Gasteiger partial charge in [0.05, 0.1) is 12.6 Å². The molecule has 6 nitrogen and oxygen atoms in total. The highest BCUT2D eigenvalue weighted by molar-refractivity contribution is 5.87. The van der Waals surface area contributed by atoms with Gasteiger partial charge in [0, 0.05) is 7.11 Å². The van der Waals surface area contributed by atoms with Crippen LogP contribution in [0.15, 0.2) is 0 Å². The van der Waals surface area contributed by atoms with Crippen molar-refractivity contribution in [3.8, 4) is 0 Å². The largest absolute Gasteiger partial charge is 0.480 e. The van der Waals surface area contributed by atoms with Crippen molar-refractivity contribution in [2.75, 3.05) is 20.3 Å². The minimum atomic E-state index is -1.08. The van der Waals surface area contributed by atoms with E-state index >= 15 is 0 Å². The van der Waals surface area contributed by atoms with E-state index in [1.54, 1.807) is 0 Å². The molecule has 1 rings (SSSR count). The highest BCUT2D eigenvalue weighted by atomic mass is 16.5. The number of carbonyl (C=O) groups excluding carboxylic acids is 1. The van der Waals surface area contributed by atoms with Crippen molar-refractivity contribution in [2.45, 2.75) is 31.3 Å². The molecule has 0 aromatic carbocycles. The summed E-state index contributed by atoms with van der Waals surface area (Å²) in [5, 5.41) is 14.4. The monoisotopic (exact) mass is 230 g/mol. The van der Waals surface area contributed by atoms with Gasteiger partial charge in [-0.1, -0.05) is 6.42 Å². The summed E-state index contributed by atoms with van der Waals surface area (Å²) in [6.45, 7) is 0.786. The molecule has 3 N–H and O–H groups in total. The van der Waals surface area contributed by atoms with E-state index < -0.39 is 12.0 Å². The second kappa shape index (κ2) is 6.44. The van der Waals surface area contributed by atoms with E-state index in [0.717, 1.165) is 25.8 Å². The maximum atomic E-state index is 11.7. The molecule has 0 bridgehead atoms. The van der Waals surface area contributed by atoms with Crippen molar-refractivity contribution in [3.05, 3.63) is 0 Å². The molecule has 92 valence electrons. The summed E-state index contributed by atoms with van der Waals surface area (Å²) in [5.74, 6) is -1.34. The Morgan fingerprint density at radius 3 is 2.81 bits per heavy atom. The van der Waals surface area contributed by atoms with Crippen LogP contribution in [0.4, 0.5) is 0 Å². The van der Waals surface area contributed by atoms with Crippen LogP contribution in [-0.2, 0) is 14.3 Å². The quantitative estimate of drug-likeness (QED) is 0.584. The molecule has 1 fully saturated rings. The smallest absolute Gasteiger partial charge is 0.328 e. The Morgan fingerprint density at radius 1 is 1.56 bits per heavy atom. The number of amides is 1. The van der Waals surface area contributed by atoms with Gasteiger partial charge in [-0.15, -0.1) is 0 Å². The van der Waals surface area contributed by atoms with Crippen LogP contribution in [0.1, 0.15) is 19.3 Å². The van der Waals surface area contributed by atoms with E-state index in [-0.39, 0.29) is 18.6 Å². The van der Waals surface area contributed by atoms with Gasteiger partial charge in [-0.2, -0.15) is 0 Å². The van der Waals surface area contributed by atoms with Crippen LogP contribution in [0.3, 0.4) is 0 Å². The molecule has 1 aliphatic heterocycles. The first-order chi connectivity index (χ1) is 7.65. The predicted molar refractivity (Wildman–Crippen MR) is 57.1 cm³/mol. The topological polar surface area (TPSA) is 87.7 Å².